The van der Waals surface area contributed by atoms with Gasteiger partial charge in [0.2, 0.25) is 11.7 Å². The molecule has 0 bridgehead atoms. The molecule has 7 heteroatoms. The van der Waals surface area contributed by atoms with Crippen LogP contribution in [0.5, 0.6) is 17.2 Å². The first-order valence-electron chi connectivity index (χ1n) is 9.27. The molecule has 4 rings (SSSR count). The van der Waals surface area contributed by atoms with E-state index in [0.717, 1.165) is 34.9 Å². The van der Waals surface area contributed by atoms with Crippen molar-refractivity contribution in [2.24, 2.45) is 0 Å². The molecule has 6 nitrogen and oxygen atoms in total. The number of nitrogens with zero attached hydrogens (tertiary/aromatic N) is 2. The molecule has 0 saturated heterocycles. The quantitative estimate of drug-likeness (QED) is 0.615. The molecule has 0 spiro atoms. The first kappa shape index (κ1) is 19.3. The minimum Gasteiger partial charge on any atom is -0.493 e. The Morgan fingerprint density at radius 2 is 1.83 bits per heavy atom. The van der Waals surface area contributed by atoms with E-state index in [9.17, 15) is 4.79 Å². The van der Waals surface area contributed by atoms with Crippen molar-refractivity contribution in [1.29, 1.82) is 0 Å². The summed E-state index contributed by atoms with van der Waals surface area (Å²) in [7, 11) is 4.74. The van der Waals surface area contributed by atoms with Crippen LogP contribution in [0.25, 0.3) is 10.6 Å². The van der Waals surface area contributed by atoms with E-state index in [1.54, 1.807) is 21.3 Å². The zero-order chi connectivity index (χ0) is 20.4. The van der Waals surface area contributed by atoms with Crippen LogP contribution in [0.3, 0.4) is 0 Å². The van der Waals surface area contributed by atoms with Crippen LogP contribution in [-0.2, 0) is 17.6 Å². The molecule has 1 aliphatic heterocycles. The van der Waals surface area contributed by atoms with Crippen molar-refractivity contribution in [2.45, 2.75) is 12.8 Å². The van der Waals surface area contributed by atoms with Crippen LogP contribution in [0.15, 0.2) is 41.8 Å². The molecular formula is C22H22N2O4S. The lowest BCUT2D eigenvalue weighted by Crippen LogP contribution is -2.30. The van der Waals surface area contributed by atoms with Gasteiger partial charge in [-0.2, -0.15) is 0 Å². The number of ether oxygens (including phenoxy) is 3. The van der Waals surface area contributed by atoms with Crippen molar-refractivity contribution >= 4 is 22.9 Å². The predicted octanol–water partition coefficient (Wildman–Crippen LogP) is 3.97. The highest BCUT2D eigenvalue weighted by Crippen LogP contribution is 2.41. The number of hydrogen-bond donors (Lipinski definition) is 0. The maximum atomic E-state index is 12.8. The highest BCUT2D eigenvalue weighted by atomic mass is 32.1. The van der Waals surface area contributed by atoms with Crippen molar-refractivity contribution in [2.75, 3.05) is 32.8 Å². The Kier molecular flexibility index (Phi) is 5.40. The molecule has 0 unspecified atom stereocenters. The summed E-state index contributed by atoms with van der Waals surface area (Å²) in [6.45, 7) is 0.724. The second-order valence-corrected chi connectivity index (χ2v) is 7.52. The predicted molar refractivity (Wildman–Crippen MR) is 113 cm³/mol. The lowest BCUT2D eigenvalue weighted by atomic mass is 10.2. The van der Waals surface area contributed by atoms with E-state index in [1.807, 2.05) is 40.6 Å². The molecular weight excluding hydrogens is 388 g/mol. The average molecular weight is 410 g/mol. The van der Waals surface area contributed by atoms with Crippen molar-refractivity contribution < 1.29 is 19.0 Å². The zero-order valence-corrected chi connectivity index (χ0v) is 17.4. The molecule has 1 amide bonds. The van der Waals surface area contributed by atoms with Gasteiger partial charge in [-0.1, -0.05) is 18.2 Å². The second-order valence-electron chi connectivity index (χ2n) is 6.66. The first-order chi connectivity index (χ1) is 14.1. The van der Waals surface area contributed by atoms with E-state index in [0.29, 0.717) is 17.2 Å². The van der Waals surface area contributed by atoms with Crippen molar-refractivity contribution in [1.82, 2.24) is 4.98 Å². The van der Waals surface area contributed by atoms with Crippen molar-refractivity contribution in [3.05, 3.63) is 53.0 Å². The van der Waals surface area contributed by atoms with Crippen LogP contribution in [0.4, 0.5) is 5.69 Å². The van der Waals surface area contributed by atoms with Crippen LogP contribution in [0, 0.1) is 0 Å². The molecule has 29 heavy (non-hydrogen) atoms. The van der Waals surface area contributed by atoms with Gasteiger partial charge in [0, 0.05) is 23.2 Å². The van der Waals surface area contributed by atoms with E-state index in [-0.39, 0.29) is 12.3 Å². The number of hydrogen-bond acceptors (Lipinski definition) is 6. The summed E-state index contributed by atoms with van der Waals surface area (Å²) in [6, 6.07) is 11.8. The minimum absolute atomic E-state index is 0.0664. The number of benzene rings is 2. The maximum absolute atomic E-state index is 12.8. The molecule has 3 aromatic rings. The highest BCUT2D eigenvalue weighted by molar-refractivity contribution is 7.13. The molecule has 1 aliphatic rings. The summed E-state index contributed by atoms with van der Waals surface area (Å²) in [5.41, 5.74) is 3.85. The number of rotatable bonds is 6. The Hall–Kier alpha value is -3.06. The van der Waals surface area contributed by atoms with Gasteiger partial charge in [0.1, 0.15) is 5.01 Å². The number of anilines is 1. The van der Waals surface area contributed by atoms with Gasteiger partial charge in [0.25, 0.3) is 0 Å². The second kappa shape index (κ2) is 8.13. The Bertz CT molecular complexity index is 1020. The fraction of sp³-hybridized carbons (Fsp3) is 0.273. The fourth-order valence-electron chi connectivity index (χ4n) is 3.57. The van der Waals surface area contributed by atoms with Gasteiger partial charge in [-0.25, -0.2) is 4.98 Å². The van der Waals surface area contributed by atoms with Crippen molar-refractivity contribution in [3.63, 3.8) is 0 Å². The number of carbonyl (C=O) groups is 1. The Morgan fingerprint density at radius 3 is 2.52 bits per heavy atom. The van der Waals surface area contributed by atoms with Gasteiger partial charge in [-0.3, -0.25) is 4.79 Å². The minimum atomic E-state index is 0.0664. The summed E-state index contributed by atoms with van der Waals surface area (Å²) in [4.78, 5) is 19.4. The molecule has 0 atom stereocenters. The zero-order valence-electron chi connectivity index (χ0n) is 16.6. The number of carbonyl (C=O) groups excluding carboxylic acids is 1. The molecule has 1 aromatic heterocycles. The molecule has 150 valence electrons. The first-order valence-corrected chi connectivity index (χ1v) is 10.2. The highest BCUT2D eigenvalue weighted by Gasteiger charge is 2.25. The lowest BCUT2D eigenvalue weighted by molar-refractivity contribution is -0.117. The number of aromatic nitrogens is 1. The summed E-state index contributed by atoms with van der Waals surface area (Å²) >= 11 is 1.49. The number of amides is 1. The van der Waals surface area contributed by atoms with Gasteiger partial charge >= 0.3 is 0 Å². The van der Waals surface area contributed by atoms with E-state index in [4.69, 9.17) is 14.2 Å². The van der Waals surface area contributed by atoms with Crippen LogP contribution >= 0.6 is 11.3 Å². The number of methoxy groups -OCH3 is 3. The maximum Gasteiger partial charge on any atom is 0.233 e. The van der Waals surface area contributed by atoms with E-state index < -0.39 is 0 Å². The molecule has 2 heterocycles. The molecule has 0 N–H and O–H groups in total. The fourth-order valence-corrected chi connectivity index (χ4v) is 4.38. The topological polar surface area (TPSA) is 60.9 Å². The average Bonchev–Trinajstić information content (AvgIpc) is 3.39. The third-order valence-electron chi connectivity index (χ3n) is 4.98. The largest absolute Gasteiger partial charge is 0.493 e. The number of fused-ring (bicyclic) bond motifs is 1. The third-order valence-corrected chi connectivity index (χ3v) is 5.92. The Morgan fingerprint density at radius 1 is 1.10 bits per heavy atom. The van der Waals surface area contributed by atoms with Gasteiger partial charge in [-0.15, -0.1) is 11.3 Å². The summed E-state index contributed by atoms with van der Waals surface area (Å²) < 4.78 is 16.2. The van der Waals surface area contributed by atoms with Crippen LogP contribution in [0.1, 0.15) is 11.3 Å². The standard InChI is InChI=1S/C22H22N2O4S/c1-26-18-10-15(11-19(27-2)21(18)28-3)22-23-16(13-29-22)12-20(25)24-9-8-14-6-4-5-7-17(14)24/h4-7,10-11,13H,8-9,12H2,1-3H3. The number of para-hydroxylation sites is 1. The third kappa shape index (κ3) is 3.65. The van der Waals surface area contributed by atoms with Crippen molar-refractivity contribution in [3.8, 4) is 27.8 Å². The van der Waals surface area contributed by atoms with Crippen LogP contribution in [0.2, 0.25) is 0 Å². The van der Waals surface area contributed by atoms with Gasteiger partial charge in [-0.05, 0) is 30.2 Å². The van der Waals surface area contributed by atoms with E-state index in [2.05, 4.69) is 11.1 Å². The normalized spacial score (nSPS) is 12.6. The molecule has 0 saturated carbocycles. The monoisotopic (exact) mass is 410 g/mol. The smallest absolute Gasteiger partial charge is 0.233 e. The Labute approximate surface area is 173 Å². The number of thiazole rings is 1. The summed E-state index contributed by atoms with van der Waals surface area (Å²) in [6.07, 6.45) is 1.17. The van der Waals surface area contributed by atoms with Crippen LogP contribution < -0.4 is 19.1 Å². The van der Waals surface area contributed by atoms with Gasteiger partial charge in [0.05, 0.1) is 33.4 Å². The van der Waals surface area contributed by atoms with E-state index >= 15 is 0 Å². The molecule has 0 fully saturated rings. The lowest BCUT2D eigenvalue weighted by Gasteiger charge is -2.16. The SMILES string of the molecule is COc1cc(-c2nc(CC(=O)N3CCc4ccccc43)cs2)cc(OC)c1OC. The molecule has 0 aliphatic carbocycles. The van der Waals surface area contributed by atoms with E-state index in [1.165, 1.54) is 16.9 Å². The van der Waals surface area contributed by atoms with Crippen LogP contribution in [-0.4, -0.2) is 38.8 Å². The summed E-state index contributed by atoms with van der Waals surface area (Å²) in [5.74, 6) is 1.75. The van der Waals surface area contributed by atoms with Gasteiger partial charge < -0.3 is 19.1 Å². The van der Waals surface area contributed by atoms with Gasteiger partial charge in [0.15, 0.2) is 11.5 Å². The molecule has 0 radical (unpaired) electrons. The Balaban J connectivity index is 1.56. The molecule has 2 aromatic carbocycles. The summed E-state index contributed by atoms with van der Waals surface area (Å²) in [5, 5.41) is 2.73.